The quantitative estimate of drug-likeness (QED) is 0.346. The predicted molar refractivity (Wildman–Crippen MR) is 21.2 cm³/mol. The molecule has 1 atom stereocenters. The Balaban J connectivity index is 2.74. The molecular weight excluding hydrogens is 96.0 g/mol. The Bertz CT molecular complexity index is 165. The van der Waals surface area contributed by atoms with E-state index in [2.05, 4.69) is 9.78 Å². The van der Waals surface area contributed by atoms with Gasteiger partial charge in [-0.15, -0.1) is 0 Å². The van der Waals surface area contributed by atoms with Gasteiger partial charge in [-0.25, -0.2) is 0 Å². The average Bonchev–Trinajstić information content (AvgIpc) is 2.15. The van der Waals surface area contributed by atoms with Crippen LogP contribution >= 0.6 is 0 Å². The van der Waals surface area contributed by atoms with Gasteiger partial charge in [0.05, 0.1) is 1.37 Å². The third-order valence-electron chi connectivity index (χ3n) is 0.518. The van der Waals surface area contributed by atoms with E-state index in [0.29, 0.717) is 6.29 Å². The van der Waals surface area contributed by atoms with Gasteiger partial charge in [0.25, 0.3) is 0 Å². The fourth-order valence-corrected chi connectivity index (χ4v) is 0.239. The van der Waals surface area contributed by atoms with Crippen molar-refractivity contribution in [3.63, 3.8) is 0 Å². The van der Waals surface area contributed by atoms with Gasteiger partial charge in [-0.05, 0) is 6.05 Å². The van der Waals surface area contributed by atoms with Gasteiger partial charge >= 0.3 is 0 Å². The molecular formula is C4H4O3. The van der Waals surface area contributed by atoms with E-state index < -0.39 is 12.3 Å². The van der Waals surface area contributed by atoms with Gasteiger partial charge in [-0.1, -0.05) is 0 Å². The van der Waals surface area contributed by atoms with E-state index in [9.17, 15) is 4.79 Å². The maximum atomic E-state index is 9.92. The Morgan fingerprint density at radius 1 is 2.00 bits per heavy atom. The molecule has 1 rings (SSSR count). The summed E-state index contributed by atoms with van der Waals surface area (Å²) in [6, 6.07) is -0.231. The second-order valence-electron chi connectivity index (χ2n) is 0.983. The van der Waals surface area contributed by atoms with Crippen LogP contribution in [0.15, 0.2) is 12.3 Å². The van der Waals surface area contributed by atoms with Crippen molar-refractivity contribution in [2.45, 2.75) is 6.10 Å². The lowest BCUT2D eigenvalue weighted by atomic mass is 10.4. The van der Waals surface area contributed by atoms with Crippen molar-refractivity contribution in [1.29, 1.82) is 0 Å². The van der Waals surface area contributed by atoms with Gasteiger partial charge in [0.15, 0.2) is 12.4 Å². The minimum atomic E-state index is -1.00. The van der Waals surface area contributed by atoms with Crippen molar-refractivity contribution in [2.24, 2.45) is 0 Å². The number of aldehydes is 1. The van der Waals surface area contributed by atoms with Crippen molar-refractivity contribution in [3.8, 4) is 0 Å². The number of carbonyl (C=O) groups excluding carboxylic acids is 1. The summed E-state index contributed by atoms with van der Waals surface area (Å²) in [6.07, 6.45) is -0.992. The first kappa shape index (κ1) is 2.47. The molecule has 0 bridgehead atoms. The fraction of sp³-hybridized carbons (Fsp3) is 0.250. The third-order valence-corrected chi connectivity index (χ3v) is 0.518. The monoisotopic (exact) mass is 102 g/mol. The molecule has 1 aliphatic heterocycles. The van der Waals surface area contributed by atoms with Gasteiger partial charge in [0.1, 0.15) is 7.61 Å². The lowest BCUT2D eigenvalue weighted by Gasteiger charge is -1.90. The molecule has 0 aromatic rings. The first-order valence-electron chi connectivity index (χ1n) is 2.71. The molecule has 3 heteroatoms. The highest BCUT2D eigenvalue weighted by molar-refractivity contribution is 5.59. The molecule has 0 aromatic carbocycles. The molecule has 0 aromatic heterocycles. The van der Waals surface area contributed by atoms with Gasteiger partial charge in [-0.3, -0.25) is 4.79 Å². The van der Waals surface area contributed by atoms with Crippen LogP contribution in [0.4, 0.5) is 0 Å². The van der Waals surface area contributed by atoms with Crippen LogP contribution in [0.3, 0.4) is 0 Å². The van der Waals surface area contributed by atoms with Crippen molar-refractivity contribution < 1.29 is 17.3 Å². The van der Waals surface area contributed by atoms with Crippen molar-refractivity contribution >= 4 is 6.29 Å². The molecule has 0 amide bonds. The minimum Gasteiger partial charge on any atom is -0.345 e. The van der Waals surface area contributed by atoms with Crippen LogP contribution in [0.1, 0.15) is 2.74 Å². The standard InChI is InChI=1S/C4H4O3/c5-3-4-1-2-6-7-4/h1-4H/i1D,2D. The van der Waals surface area contributed by atoms with Crippen LogP contribution in [-0.4, -0.2) is 12.4 Å². The molecule has 0 fully saturated rings. The molecule has 0 spiro atoms. The summed E-state index contributed by atoms with van der Waals surface area (Å²) in [5, 5.41) is 0. The summed E-state index contributed by atoms with van der Waals surface area (Å²) in [5.74, 6) is 0. The lowest BCUT2D eigenvalue weighted by Crippen LogP contribution is -2.03. The Morgan fingerprint density at radius 2 is 2.86 bits per heavy atom. The van der Waals surface area contributed by atoms with Crippen LogP contribution in [0.25, 0.3) is 0 Å². The first-order valence-corrected chi connectivity index (χ1v) is 1.71. The first-order chi connectivity index (χ1) is 4.25. The zero-order chi connectivity index (χ0) is 6.85. The third kappa shape index (κ3) is 0.778. The molecule has 0 saturated carbocycles. The summed E-state index contributed by atoms with van der Waals surface area (Å²) in [7, 11) is 0. The van der Waals surface area contributed by atoms with E-state index >= 15 is 0 Å². The normalized spacial score (nSPS) is 34.0. The molecule has 38 valence electrons. The zero-order valence-corrected chi connectivity index (χ0v) is 3.38. The predicted octanol–water partition coefficient (Wildman–Crippen LogP) is 0.0294. The molecule has 1 unspecified atom stereocenters. The zero-order valence-electron chi connectivity index (χ0n) is 5.38. The van der Waals surface area contributed by atoms with E-state index in [4.69, 9.17) is 2.74 Å². The van der Waals surface area contributed by atoms with Gasteiger partial charge in [-0.2, -0.15) is 4.89 Å². The Hall–Kier alpha value is -0.830. The van der Waals surface area contributed by atoms with Gasteiger partial charge in [0, 0.05) is 0 Å². The molecule has 0 aliphatic carbocycles. The number of carbonyl (C=O) groups is 1. The molecule has 0 radical (unpaired) electrons. The fourth-order valence-electron chi connectivity index (χ4n) is 0.239. The van der Waals surface area contributed by atoms with Crippen molar-refractivity contribution in [2.75, 3.05) is 0 Å². The SMILES string of the molecule is [2H]C1=C([2H])C(C=O)OO1. The van der Waals surface area contributed by atoms with Crippen LogP contribution in [0, 0.1) is 0 Å². The molecule has 1 heterocycles. The highest BCUT2D eigenvalue weighted by Crippen LogP contribution is 1.99. The van der Waals surface area contributed by atoms with E-state index in [1.807, 2.05) is 0 Å². The summed E-state index contributed by atoms with van der Waals surface area (Å²) in [5.41, 5.74) is 0. The minimum absolute atomic E-state index is 0.231. The van der Waals surface area contributed by atoms with E-state index in [0.717, 1.165) is 0 Å². The van der Waals surface area contributed by atoms with Crippen molar-refractivity contribution in [3.05, 3.63) is 12.3 Å². The largest absolute Gasteiger partial charge is 0.345 e. The second kappa shape index (κ2) is 1.75. The summed E-state index contributed by atoms with van der Waals surface area (Å²) in [4.78, 5) is 18.2. The number of hydrogen-bond donors (Lipinski definition) is 0. The summed E-state index contributed by atoms with van der Waals surface area (Å²) >= 11 is 0. The molecule has 0 saturated heterocycles. The van der Waals surface area contributed by atoms with E-state index in [1.165, 1.54) is 0 Å². The topological polar surface area (TPSA) is 35.5 Å². The highest BCUT2D eigenvalue weighted by Gasteiger charge is 2.07. The molecule has 1 aliphatic rings. The Morgan fingerprint density at radius 3 is 3.14 bits per heavy atom. The van der Waals surface area contributed by atoms with Crippen molar-refractivity contribution in [1.82, 2.24) is 0 Å². The number of rotatable bonds is 1. The second-order valence-corrected chi connectivity index (χ2v) is 0.983. The van der Waals surface area contributed by atoms with Gasteiger partial charge < -0.3 is 4.89 Å². The van der Waals surface area contributed by atoms with Crippen LogP contribution in [-0.2, 0) is 14.6 Å². The maximum absolute atomic E-state index is 9.92. The average molecular weight is 102 g/mol. The smallest absolute Gasteiger partial charge is 0.181 e. The van der Waals surface area contributed by atoms with Crippen LogP contribution in [0.2, 0.25) is 0 Å². The molecule has 7 heavy (non-hydrogen) atoms. The molecule has 0 N–H and O–H groups in total. The van der Waals surface area contributed by atoms with E-state index in [1.54, 1.807) is 0 Å². The lowest BCUT2D eigenvalue weighted by molar-refractivity contribution is -0.243. The van der Waals surface area contributed by atoms with Gasteiger partial charge in [0.2, 0.25) is 0 Å². The van der Waals surface area contributed by atoms with E-state index in [-0.39, 0.29) is 6.05 Å². The maximum Gasteiger partial charge on any atom is 0.181 e. The highest BCUT2D eigenvalue weighted by atomic mass is 17.2. The summed E-state index contributed by atoms with van der Waals surface area (Å²) < 4.78 is 13.7. The number of hydrogen-bond acceptors (Lipinski definition) is 3. The Labute approximate surface area is 43.3 Å². The summed E-state index contributed by atoms with van der Waals surface area (Å²) in [6.45, 7) is 0. The van der Waals surface area contributed by atoms with Crippen LogP contribution in [0.5, 0.6) is 0 Å². The Kier molecular flexibility index (Phi) is 0.617. The molecule has 3 nitrogen and oxygen atoms in total. The van der Waals surface area contributed by atoms with Crippen LogP contribution < -0.4 is 0 Å².